The van der Waals surface area contributed by atoms with Crippen LogP contribution in [0.25, 0.3) is 0 Å². The number of hydrazine groups is 1. The van der Waals surface area contributed by atoms with Crippen molar-refractivity contribution < 1.29 is 23.9 Å². The molecule has 0 bridgehead atoms. The van der Waals surface area contributed by atoms with Crippen LogP contribution in [0.4, 0.5) is 15.3 Å². The van der Waals surface area contributed by atoms with E-state index in [0.29, 0.717) is 17.1 Å². The number of nitrogens with one attached hydrogen (secondary N) is 1. The van der Waals surface area contributed by atoms with Gasteiger partial charge in [0.1, 0.15) is 5.60 Å². The first kappa shape index (κ1) is 24.5. The molecular weight excluding hydrogens is 422 g/mol. The van der Waals surface area contributed by atoms with E-state index >= 15 is 0 Å². The summed E-state index contributed by atoms with van der Waals surface area (Å²) in [5.41, 5.74) is 0.684. The molecule has 8 nitrogen and oxygen atoms in total. The first-order chi connectivity index (χ1) is 14.4. The molecule has 0 unspecified atom stereocenters. The van der Waals surface area contributed by atoms with Crippen LogP contribution in [-0.4, -0.2) is 52.4 Å². The Balaban J connectivity index is 2.35. The van der Waals surface area contributed by atoms with Gasteiger partial charge in [0.2, 0.25) is 0 Å². The molecule has 2 atom stereocenters. The summed E-state index contributed by atoms with van der Waals surface area (Å²) in [6.07, 6.45) is 1.54. The average Bonchev–Trinajstić information content (AvgIpc) is 2.64. The third kappa shape index (κ3) is 6.89. The third-order valence-corrected chi connectivity index (χ3v) is 4.88. The number of esters is 1. The van der Waals surface area contributed by atoms with Gasteiger partial charge < -0.3 is 14.8 Å². The van der Waals surface area contributed by atoms with E-state index in [1.807, 2.05) is 19.9 Å². The van der Waals surface area contributed by atoms with Gasteiger partial charge in [0.05, 0.1) is 18.7 Å². The first-order valence-corrected chi connectivity index (χ1v) is 10.5. The minimum Gasteiger partial charge on any atom is -0.466 e. The fraction of sp³-hybridized carbons (Fsp3) is 0.500. The van der Waals surface area contributed by atoms with Gasteiger partial charge in [0.15, 0.2) is 0 Å². The van der Waals surface area contributed by atoms with E-state index in [0.717, 1.165) is 5.57 Å². The normalized spacial score (nSPS) is 18.9. The highest BCUT2D eigenvalue weighted by molar-refractivity contribution is 6.30. The Labute approximate surface area is 188 Å². The summed E-state index contributed by atoms with van der Waals surface area (Å²) < 4.78 is 10.6. The van der Waals surface area contributed by atoms with E-state index in [1.165, 1.54) is 16.9 Å². The van der Waals surface area contributed by atoms with E-state index in [4.69, 9.17) is 21.1 Å². The maximum atomic E-state index is 13.2. The van der Waals surface area contributed by atoms with Gasteiger partial charge in [0.25, 0.3) is 0 Å². The van der Waals surface area contributed by atoms with Crippen LogP contribution in [0.5, 0.6) is 0 Å². The molecular formula is C22H30ClN3O5. The van der Waals surface area contributed by atoms with Crippen LogP contribution in [0.1, 0.15) is 48.0 Å². The van der Waals surface area contributed by atoms with Crippen LogP contribution in [-0.2, 0) is 14.3 Å². The summed E-state index contributed by atoms with van der Waals surface area (Å²) >= 11 is 5.92. The lowest BCUT2D eigenvalue weighted by Crippen LogP contribution is -2.62. The van der Waals surface area contributed by atoms with Crippen LogP contribution >= 0.6 is 11.6 Å². The van der Waals surface area contributed by atoms with Gasteiger partial charge in [0, 0.05) is 24.1 Å². The fourth-order valence-electron chi connectivity index (χ4n) is 3.10. The van der Waals surface area contributed by atoms with Gasteiger partial charge in [-0.1, -0.05) is 23.3 Å². The second-order valence-corrected chi connectivity index (χ2v) is 8.83. The average molecular weight is 452 g/mol. The van der Waals surface area contributed by atoms with Gasteiger partial charge in [-0.2, -0.15) is 0 Å². The van der Waals surface area contributed by atoms with E-state index < -0.39 is 35.8 Å². The Morgan fingerprint density at radius 2 is 1.74 bits per heavy atom. The predicted octanol–water partition coefficient (Wildman–Crippen LogP) is 5.00. The van der Waals surface area contributed by atoms with Gasteiger partial charge in [-0.25, -0.2) is 19.6 Å². The lowest BCUT2D eigenvalue weighted by Gasteiger charge is -2.46. The van der Waals surface area contributed by atoms with E-state index in [1.54, 1.807) is 45.0 Å². The van der Waals surface area contributed by atoms with Crippen LogP contribution in [0.3, 0.4) is 0 Å². The number of hydrogen-bond donors (Lipinski definition) is 1. The molecule has 0 saturated carbocycles. The van der Waals surface area contributed by atoms with Gasteiger partial charge in [-0.15, -0.1) is 0 Å². The van der Waals surface area contributed by atoms with Crippen molar-refractivity contribution in [2.24, 2.45) is 0 Å². The number of nitrogens with zero attached hydrogens (tertiary/aromatic N) is 2. The van der Waals surface area contributed by atoms with Gasteiger partial charge >= 0.3 is 18.1 Å². The summed E-state index contributed by atoms with van der Waals surface area (Å²) in [4.78, 5) is 37.5. The monoisotopic (exact) mass is 451 g/mol. The molecule has 0 radical (unpaired) electrons. The quantitative estimate of drug-likeness (QED) is 0.514. The Morgan fingerprint density at radius 3 is 2.29 bits per heavy atom. The maximum Gasteiger partial charge on any atom is 0.430 e. The second kappa shape index (κ2) is 10.0. The molecule has 170 valence electrons. The highest BCUT2D eigenvalue weighted by Gasteiger charge is 2.41. The maximum absolute atomic E-state index is 13.2. The number of carbonyl (C=O) groups excluding carboxylic acids is 3. The first-order valence-electron chi connectivity index (χ1n) is 10.1. The molecule has 0 spiro atoms. The number of halogens is 1. The zero-order chi connectivity index (χ0) is 23.3. The Bertz CT molecular complexity index is 848. The number of hydrogen-bond acceptors (Lipinski definition) is 5. The summed E-state index contributed by atoms with van der Waals surface area (Å²) in [6, 6.07) is 5.25. The van der Waals surface area contributed by atoms with Crippen molar-refractivity contribution >= 4 is 35.4 Å². The van der Waals surface area contributed by atoms with Crippen LogP contribution < -0.4 is 5.32 Å². The summed E-state index contributed by atoms with van der Waals surface area (Å²) in [5, 5.41) is 5.98. The number of urea groups is 1. The molecule has 0 aliphatic carbocycles. The van der Waals surface area contributed by atoms with Crippen molar-refractivity contribution in [3.05, 3.63) is 40.9 Å². The second-order valence-electron chi connectivity index (χ2n) is 8.39. The molecule has 1 aromatic carbocycles. The minimum absolute atomic E-state index is 0.101. The lowest BCUT2D eigenvalue weighted by molar-refractivity contribution is -0.141. The number of anilines is 1. The minimum atomic E-state index is -0.755. The van der Waals surface area contributed by atoms with Crippen LogP contribution in [0, 0.1) is 0 Å². The van der Waals surface area contributed by atoms with Crippen molar-refractivity contribution in [1.82, 2.24) is 10.0 Å². The van der Waals surface area contributed by atoms with Crippen LogP contribution in [0.2, 0.25) is 5.02 Å². The molecule has 1 aromatic rings. The number of carbonyl (C=O) groups is 3. The van der Waals surface area contributed by atoms with Crippen molar-refractivity contribution in [3.63, 3.8) is 0 Å². The zero-order valence-corrected chi connectivity index (χ0v) is 19.5. The molecule has 1 aliphatic heterocycles. The highest BCUT2D eigenvalue weighted by atomic mass is 35.5. The number of benzene rings is 1. The summed E-state index contributed by atoms with van der Waals surface area (Å²) in [7, 11) is 0. The van der Waals surface area contributed by atoms with Crippen molar-refractivity contribution in [3.8, 4) is 0 Å². The highest BCUT2D eigenvalue weighted by Crippen LogP contribution is 2.28. The lowest BCUT2D eigenvalue weighted by atomic mass is 10.0. The molecule has 0 aromatic heterocycles. The summed E-state index contributed by atoms with van der Waals surface area (Å²) in [6.45, 7) is 10.4. The number of ether oxygens (including phenoxy) is 2. The van der Waals surface area contributed by atoms with E-state index in [9.17, 15) is 14.4 Å². The SMILES string of the molecule is CC(=O)OCC[C@@H]1C=C(C)[C@H](C)N(C(=O)Nc2ccc(Cl)cc2)N1C(=O)OC(C)(C)C. The molecule has 0 saturated heterocycles. The molecule has 31 heavy (non-hydrogen) atoms. The molecule has 1 N–H and O–H groups in total. The summed E-state index contributed by atoms with van der Waals surface area (Å²) in [5.74, 6) is -0.411. The molecule has 1 aliphatic rings. The molecule has 9 heteroatoms. The largest absolute Gasteiger partial charge is 0.466 e. The number of rotatable bonds is 4. The Kier molecular flexibility index (Phi) is 7.95. The standard InChI is InChI=1S/C22H30ClN3O5/c1-14-13-19(11-12-30-16(3)27)26(21(29)31-22(4,5)6)25(15(14)2)20(28)24-18-9-7-17(23)8-10-18/h7-10,13,15,19H,11-12H2,1-6H3,(H,24,28)/t15-,19+/m0/s1. The number of amides is 3. The molecule has 1 heterocycles. The van der Waals surface area contributed by atoms with Crippen molar-refractivity contribution in [2.45, 2.75) is 65.6 Å². The van der Waals surface area contributed by atoms with E-state index in [-0.39, 0.29) is 6.61 Å². The molecule has 0 fully saturated rings. The predicted molar refractivity (Wildman–Crippen MR) is 119 cm³/mol. The Morgan fingerprint density at radius 1 is 1.13 bits per heavy atom. The van der Waals surface area contributed by atoms with Gasteiger partial charge in [-0.3, -0.25) is 4.79 Å². The van der Waals surface area contributed by atoms with E-state index in [2.05, 4.69) is 5.32 Å². The molecule has 2 rings (SSSR count). The topological polar surface area (TPSA) is 88.2 Å². The third-order valence-electron chi connectivity index (χ3n) is 4.63. The zero-order valence-electron chi connectivity index (χ0n) is 18.8. The smallest absolute Gasteiger partial charge is 0.430 e. The Hall–Kier alpha value is -2.74. The van der Waals surface area contributed by atoms with Gasteiger partial charge in [-0.05, 0) is 58.9 Å². The fourth-order valence-corrected chi connectivity index (χ4v) is 3.23. The van der Waals surface area contributed by atoms with Crippen molar-refractivity contribution in [1.29, 1.82) is 0 Å². The molecule has 3 amide bonds. The van der Waals surface area contributed by atoms with Crippen molar-refractivity contribution in [2.75, 3.05) is 11.9 Å². The van der Waals surface area contributed by atoms with Crippen LogP contribution in [0.15, 0.2) is 35.9 Å².